The average molecular weight is 638 g/mol. The second-order valence-corrected chi connectivity index (χ2v) is 15.8. The summed E-state index contributed by atoms with van der Waals surface area (Å²) in [5.41, 5.74) is 0.377. The van der Waals surface area contributed by atoms with Crippen LogP contribution in [0.1, 0.15) is 111 Å². The topological polar surface area (TPSA) is 55.8 Å². The van der Waals surface area contributed by atoms with Crippen molar-refractivity contribution in [1.29, 1.82) is 0 Å². The summed E-state index contributed by atoms with van der Waals surface area (Å²) in [4.78, 5) is 27.4. The number of likely N-dealkylation sites (tertiary alicyclic amines) is 2. The van der Waals surface area contributed by atoms with Crippen molar-refractivity contribution in [2.45, 2.75) is 135 Å². The lowest BCUT2D eigenvalue weighted by atomic mass is 9.44. The van der Waals surface area contributed by atoms with E-state index in [0.29, 0.717) is 35.3 Å². The monoisotopic (exact) mass is 636 g/mol. The molecule has 6 aliphatic rings. The number of hydrogen-bond donors (Lipinski definition) is 0. The first-order valence-electron chi connectivity index (χ1n) is 17.0. The van der Waals surface area contributed by atoms with Gasteiger partial charge in [0.2, 0.25) is 0 Å². The van der Waals surface area contributed by atoms with E-state index in [0.717, 1.165) is 29.9 Å². The molecule has 6 rings (SSSR count). The van der Waals surface area contributed by atoms with Crippen molar-refractivity contribution >= 4 is 11.9 Å². The second kappa shape index (κ2) is 12.0. The van der Waals surface area contributed by atoms with Gasteiger partial charge in [-0.15, -0.1) is 0 Å². The standard InChI is InChI=1S/C34H57N2O4.BrH/c1-23(37)39-31-20-25-12-13-26-27(34(25,4)22-29(31)35-16-8-6-9-17-35)14-15-33(3)28(26)21-30(32(33)40-24(2)38)36(5)18-10-7-11-19-36;/h25-32H,6-22H2,1-5H3;1H/q+1;/p-1/t25-,26?,27?,28?,29-,30-,31-,32-,33-,34-;/m0./s1. The van der Waals surface area contributed by atoms with Crippen molar-refractivity contribution in [3.63, 3.8) is 0 Å². The average Bonchev–Trinajstić information content (AvgIpc) is 3.21. The number of quaternary nitrogens is 1. The SMILES string of the molecule is CC(=O)O[C@H]1C[C@@H]2CCC3C4C[C@H]([N+]5(C)CCCCC5)[C@H](OC(C)=O)[C@@]4(C)CCC3[C@@]2(C)C[C@@H]1N1CCCCC1.[Br-]. The van der Waals surface area contributed by atoms with Crippen LogP contribution in [-0.4, -0.2) is 78.8 Å². The van der Waals surface area contributed by atoms with Gasteiger partial charge in [-0.3, -0.25) is 14.5 Å². The highest BCUT2D eigenvalue weighted by molar-refractivity contribution is 5.66. The molecule has 0 amide bonds. The summed E-state index contributed by atoms with van der Waals surface area (Å²) in [5.74, 6) is 2.50. The zero-order chi connectivity index (χ0) is 28.3. The second-order valence-electron chi connectivity index (χ2n) is 15.8. The fraction of sp³-hybridized carbons (Fsp3) is 0.941. The van der Waals surface area contributed by atoms with E-state index in [1.54, 1.807) is 13.8 Å². The molecule has 3 unspecified atom stereocenters. The number of ether oxygens (including phenoxy) is 2. The van der Waals surface area contributed by atoms with Crippen molar-refractivity contribution in [2.24, 2.45) is 34.5 Å². The van der Waals surface area contributed by atoms with Crippen LogP contribution in [0, 0.1) is 34.5 Å². The number of nitrogens with zero attached hydrogens (tertiary/aromatic N) is 2. The van der Waals surface area contributed by atoms with Crippen molar-refractivity contribution in [2.75, 3.05) is 33.2 Å². The molecule has 6 nitrogen and oxygen atoms in total. The molecule has 0 aromatic rings. The maximum absolute atomic E-state index is 12.5. The lowest BCUT2D eigenvalue weighted by Crippen LogP contribution is -3.00. The van der Waals surface area contributed by atoms with Crippen LogP contribution in [0.25, 0.3) is 0 Å². The quantitative estimate of drug-likeness (QED) is 0.351. The Morgan fingerprint density at radius 3 is 2.12 bits per heavy atom. The van der Waals surface area contributed by atoms with Crippen LogP contribution in [0.3, 0.4) is 0 Å². The van der Waals surface area contributed by atoms with Gasteiger partial charge < -0.3 is 30.9 Å². The molecule has 2 heterocycles. The zero-order valence-electron chi connectivity index (χ0n) is 26.5. The molecule has 234 valence electrons. The van der Waals surface area contributed by atoms with Crippen molar-refractivity contribution in [1.82, 2.24) is 4.90 Å². The number of likely N-dealkylation sites (N-methyl/N-ethyl adjacent to an activating group) is 1. The highest BCUT2D eigenvalue weighted by Gasteiger charge is 2.67. The van der Waals surface area contributed by atoms with Gasteiger partial charge in [-0.05, 0) is 113 Å². The van der Waals surface area contributed by atoms with Crippen LogP contribution >= 0.6 is 0 Å². The molecular weight excluding hydrogens is 580 g/mol. The van der Waals surface area contributed by atoms with E-state index in [-0.39, 0.29) is 46.5 Å². The van der Waals surface area contributed by atoms with Crippen molar-refractivity contribution in [3.05, 3.63) is 0 Å². The lowest BCUT2D eigenvalue weighted by molar-refractivity contribution is -0.940. The van der Waals surface area contributed by atoms with Crippen LogP contribution < -0.4 is 17.0 Å². The fourth-order valence-corrected chi connectivity index (χ4v) is 11.7. The number of piperidine rings is 2. The molecule has 0 aromatic heterocycles. The Balaban J connectivity index is 0.00000337. The van der Waals surface area contributed by atoms with Gasteiger partial charge >= 0.3 is 11.9 Å². The number of carbonyl (C=O) groups is 2. The largest absolute Gasteiger partial charge is 1.00 e. The molecule has 0 aromatic carbocycles. The number of fused-ring (bicyclic) bond motifs is 5. The van der Waals surface area contributed by atoms with Gasteiger partial charge in [-0.2, -0.15) is 0 Å². The van der Waals surface area contributed by atoms with Crippen LogP contribution in [0.2, 0.25) is 0 Å². The summed E-state index contributed by atoms with van der Waals surface area (Å²) in [5, 5.41) is 0. The Labute approximate surface area is 260 Å². The Bertz CT molecular complexity index is 964. The predicted octanol–water partition coefficient (Wildman–Crippen LogP) is 2.97. The van der Waals surface area contributed by atoms with Crippen molar-refractivity contribution < 1.29 is 40.5 Å². The Morgan fingerprint density at radius 2 is 1.46 bits per heavy atom. The maximum atomic E-state index is 12.5. The normalized spacial score (nSPS) is 45.8. The Morgan fingerprint density at radius 1 is 0.805 bits per heavy atom. The highest BCUT2D eigenvalue weighted by atomic mass is 79.9. The van der Waals surface area contributed by atoms with E-state index < -0.39 is 0 Å². The molecule has 2 aliphatic heterocycles. The third kappa shape index (κ3) is 5.56. The molecule has 2 saturated heterocycles. The molecule has 6 fully saturated rings. The number of esters is 2. The summed E-state index contributed by atoms with van der Waals surface area (Å²) in [6.45, 7) is 13.1. The zero-order valence-corrected chi connectivity index (χ0v) is 28.1. The van der Waals surface area contributed by atoms with Crippen molar-refractivity contribution in [3.8, 4) is 0 Å². The molecule has 41 heavy (non-hydrogen) atoms. The van der Waals surface area contributed by atoms with E-state index in [1.165, 1.54) is 90.1 Å². The van der Waals surface area contributed by atoms with Gasteiger partial charge in [-0.25, -0.2) is 0 Å². The molecule has 10 atom stereocenters. The van der Waals surface area contributed by atoms with Gasteiger partial charge in [0.25, 0.3) is 0 Å². The van der Waals surface area contributed by atoms with Gasteiger partial charge in [0.15, 0.2) is 6.10 Å². The predicted molar refractivity (Wildman–Crippen MR) is 156 cm³/mol. The Kier molecular flexibility index (Phi) is 9.32. The smallest absolute Gasteiger partial charge is 0.303 e. The van der Waals surface area contributed by atoms with E-state index in [9.17, 15) is 9.59 Å². The number of halogens is 1. The van der Waals surface area contributed by atoms with E-state index >= 15 is 0 Å². The molecule has 0 bridgehead atoms. The molecule has 4 saturated carbocycles. The molecule has 4 aliphatic carbocycles. The van der Waals surface area contributed by atoms with Crippen LogP contribution in [0.4, 0.5) is 0 Å². The van der Waals surface area contributed by atoms with Gasteiger partial charge in [0, 0.05) is 31.7 Å². The summed E-state index contributed by atoms with van der Waals surface area (Å²) in [6.07, 6.45) is 16.3. The number of rotatable bonds is 4. The third-order valence-electron chi connectivity index (χ3n) is 13.7. The molecular formula is C34H57BrN2O4. The van der Waals surface area contributed by atoms with Crippen LogP contribution in [0.5, 0.6) is 0 Å². The van der Waals surface area contributed by atoms with Gasteiger partial charge in [0.1, 0.15) is 12.1 Å². The van der Waals surface area contributed by atoms with E-state index in [4.69, 9.17) is 9.47 Å². The Hall–Kier alpha value is -0.660. The van der Waals surface area contributed by atoms with Gasteiger partial charge in [-0.1, -0.05) is 20.3 Å². The van der Waals surface area contributed by atoms with Crippen LogP contribution in [-0.2, 0) is 19.1 Å². The molecule has 0 N–H and O–H groups in total. The number of hydrogen-bond acceptors (Lipinski definition) is 5. The van der Waals surface area contributed by atoms with Crippen LogP contribution in [0.15, 0.2) is 0 Å². The maximum Gasteiger partial charge on any atom is 0.303 e. The first-order chi connectivity index (χ1) is 19.0. The third-order valence-corrected chi connectivity index (χ3v) is 13.7. The van der Waals surface area contributed by atoms with E-state index in [1.807, 2.05) is 0 Å². The highest BCUT2D eigenvalue weighted by Crippen LogP contribution is 2.67. The summed E-state index contributed by atoms with van der Waals surface area (Å²) in [6, 6.07) is 0.796. The number of carbonyl (C=O) groups excluding carboxylic acids is 2. The minimum Gasteiger partial charge on any atom is -1.00 e. The molecule has 7 heteroatoms. The summed E-state index contributed by atoms with van der Waals surface area (Å²) in [7, 11) is 2.47. The van der Waals surface area contributed by atoms with E-state index in [2.05, 4.69) is 25.8 Å². The molecule has 0 radical (unpaired) electrons. The summed E-state index contributed by atoms with van der Waals surface area (Å²) < 4.78 is 13.5. The fourth-order valence-electron chi connectivity index (χ4n) is 11.7. The van der Waals surface area contributed by atoms with Gasteiger partial charge in [0.05, 0.1) is 20.1 Å². The lowest BCUT2D eigenvalue weighted by Gasteiger charge is -2.62. The minimum atomic E-state index is -0.111. The summed E-state index contributed by atoms with van der Waals surface area (Å²) >= 11 is 0. The molecule has 0 spiro atoms. The minimum absolute atomic E-state index is 0. The first-order valence-corrected chi connectivity index (χ1v) is 17.0. The first kappa shape index (κ1) is 31.8.